The number of rotatable bonds is 14. The van der Waals surface area contributed by atoms with Crippen LogP contribution in [0.2, 0.25) is 0 Å². The van der Waals surface area contributed by atoms with Crippen LogP contribution in [0.1, 0.15) is 95.4 Å². The molecule has 4 aromatic rings. The van der Waals surface area contributed by atoms with Crippen molar-refractivity contribution in [2.45, 2.75) is 97.2 Å². The lowest BCUT2D eigenvalue weighted by Gasteiger charge is -2.37. The summed E-state index contributed by atoms with van der Waals surface area (Å²) < 4.78 is 14.1. The predicted molar refractivity (Wildman–Crippen MR) is 180 cm³/mol. The van der Waals surface area contributed by atoms with Gasteiger partial charge in [-0.15, -0.1) is 0 Å². The number of hydrogen-bond acceptors (Lipinski definition) is 4. The summed E-state index contributed by atoms with van der Waals surface area (Å²) in [6, 6.07) is 28.5. The Labute approximate surface area is 264 Å². The maximum Gasteiger partial charge on any atom is 0.231 e. The molecule has 2 heterocycles. The SMILES string of the molecule is CCCC[C@H](c1c(-c2ccccc2)nc(-c2ccccc2)n1CCCC)N(Cc1ccc2c(c1)OCO2)CC1CCCCC1. The standard InChI is InChI=1S/C39H49N3O2/c1-3-5-22-34(41(27-30-16-10-7-11-17-30)28-31-23-24-35-36(26-31)44-29-43-35)38-37(32-18-12-8-13-19-32)40-39(42(38)25-6-4-2)33-20-14-9-15-21-33/h8-9,12-15,18-21,23-24,26,30,34H,3-7,10-11,16-17,22,25,27-29H2,1-2H3/t34-/m1/s1. The van der Waals surface area contributed by atoms with Crippen molar-refractivity contribution < 1.29 is 9.47 Å². The van der Waals surface area contributed by atoms with Crippen molar-refractivity contribution in [1.29, 1.82) is 0 Å². The minimum Gasteiger partial charge on any atom is -0.454 e. The number of imidazole rings is 1. The topological polar surface area (TPSA) is 39.5 Å². The third-order valence-electron chi connectivity index (χ3n) is 9.45. The Morgan fingerprint density at radius 1 is 0.818 bits per heavy atom. The zero-order valence-electron chi connectivity index (χ0n) is 26.7. The number of fused-ring (bicyclic) bond motifs is 1. The molecule has 0 bridgehead atoms. The number of unbranched alkanes of at least 4 members (excludes halogenated alkanes) is 2. The third-order valence-corrected chi connectivity index (χ3v) is 9.45. The fraction of sp³-hybridized carbons (Fsp3) is 0.462. The molecule has 1 fully saturated rings. The monoisotopic (exact) mass is 591 g/mol. The van der Waals surface area contributed by atoms with E-state index in [4.69, 9.17) is 14.5 Å². The van der Waals surface area contributed by atoms with Crippen molar-refractivity contribution >= 4 is 0 Å². The lowest BCUT2D eigenvalue weighted by atomic mass is 9.88. The van der Waals surface area contributed by atoms with E-state index in [2.05, 4.69) is 102 Å². The maximum absolute atomic E-state index is 5.82. The molecule has 2 aliphatic rings. The summed E-state index contributed by atoms with van der Waals surface area (Å²) >= 11 is 0. The first-order valence-corrected chi connectivity index (χ1v) is 17.1. The predicted octanol–water partition coefficient (Wildman–Crippen LogP) is 10.1. The van der Waals surface area contributed by atoms with E-state index in [1.54, 1.807) is 0 Å². The molecule has 1 aromatic heterocycles. The molecule has 0 spiro atoms. The van der Waals surface area contributed by atoms with E-state index in [-0.39, 0.29) is 6.04 Å². The first-order chi connectivity index (χ1) is 21.7. The molecule has 1 aliphatic heterocycles. The molecule has 1 aliphatic carbocycles. The van der Waals surface area contributed by atoms with Gasteiger partial charge in [-0.2, -0.15) is 0 Å². The van der Waals surface area contributed by atoms with Gasteiger partial charge < -0.3 is 14.0 Å². The minimum atomic E-state index is 0.249. The van der Waals surface area contributed by atoms with E-state index in [1.807, 2.05) is 0 Å². The van der Waals surface area contributed by atoms with Crippen LogP contribution in [-0.2, 0) is 13.1 Å². The summed E-state index contributed by atoms with van der Waals surface area (Å²) in [5, 5.41) is 0. The number of nitrogens with zero attached hydrogens (tertiary/aromatic N) is 3. The summed E-state index contributed by atoms with van der Waals surface area (Å²) in [5.41, 5.74) is 6.21. The highest BCUT2D eigenvalue weighted by atomic mass is 16.7. The summed E-state index contributed by atoms with van der Waals surface area (Å²) in [4.78, 5) is 8.33. The second kappa shape index (κ2) is 14.9. The Kier molecular flexibility index (Phi) is 10.3. The van der Waals surface area contributed by atoms with Gasteiger partial charge in [0.05, 0.1) is 17.4 Å². The van der Waals surface area contributed by atoms with E-state index < -0.39 is 0 Å². The Bertz CT molecular complexity index is 1460. The second-order valence-electron chi connectivity index (χ2n) is 12.7. The lowest BCUT2D eigenvalue weighted by molar-refractivity contribution is 0.127. The van der Waals surface area contributed by atoms with Crippen molar-refractivity contribution in [2.24, 2.45) is 5.92 Å². The van der Waals surface area contributed by atoms with Crippen molar-refractivity contribution in [3.63, 3.8) is 0 Å². The van der Waals surface area contributed by atoms with Gasteiger partial charge in [0.25, 0.3) is 0 Å². The first-order valence-electron chi connectivity index (χ1n) is 17.1. The van der Waals surface area contributed by atoms with Crippen LogP contribution < -0.4 is 9.47 Å². The van der Waals surface area contributed by atoms with Gasteiger partial charge in [0, 0.05) is 30.8 Å². The van der Waals surface area contributed by atoms with E-state index in [1.165, 1.54) is 67.3 Å². The number of hydrogen-bond donors (Lipinski definition) is 0. The Morgan fingerprint density at radius 2 is 1.52 bits per heavy atom. The largest absolute Gasteiger partial charge is 0.454 e. The van der Waals surface area contributed by atoms with E-state index in [0.717, 1.165) is 67.8 Å². The lowest BCUT2D eigenvalue weighted by Crippen LogP contribution is -2.35. The van der Waals surface area contributed by atoms with Gasteiger partial charge in [-0.05, 0) is 49.3 Å². The number of ether oxygens (including phenoxy) is 2. The third kappa shape index (κ3) is 7.04. The van der Waals surface area contributed by atoms with Crippen LogP contribution in [0.15, 0.2) is 78.9 Å². The Morgan fingerprint density at radius 3 is 2.25 bits per heavy atom. The molecule has 5 heteroatoms. The molecule has 0 saturated heterocycles. The van der Waals surface area contributed by atoms with Gasteiger partial charge >= 0.3 is 0 Å². The Hall–Kier alpha value is -3.57. The van der Waals surface area contributed by atoms with Gasteiger partial charge in [-0.3, -0.25) is 4.90 Å². The fourth-order valence-electron chi connectivity index (χ4n) is 7.13. The highest BCUT2D eigenvalue weighted by Gasteiger charge is 2.32. The molecule has 1 atom stereocenters. The van der Waals surface area contributed by atoms with E-state index in [0.29, 0.717) is 6.79 Å². The fourth-order valence-corrected chi connectivity index (χ4v) is 7.13. The summed E-state index contributed by atoms with van der Waals surface area (Å²) in [6.45, 7) is 7.89. The average Bonchev–Trinajstić information content (AvgIpc) is 3.70. The van der Waals surface area contributed by atoms with E-state index in [9.17, 15) is 0 Å². The molecule has 6 rings (SSSR count). The van der Waals surface area contributed by atoms with Gasteiger partial charge in [0.15, 0.2) is 11.5 Å². The molecule has 0 radical (unpaired) electrons. The highest BCUT2D eigenvalue weighted by molar-refractivity contribution is 5.69. The number of benzene rings is 3. The number of aromatic nitrogens is 2. The molecule has 3 aromatic carbocycles. The average molecular weight is 592 g/mol. The van der Waals surface area contributed by atoms with Crippen molar-refractivity contribution in [1.82, 2.24) is 14.5 Å². The molecule has 1 saturated carbocycles. The van der Waals surface area contributed by atoms with Gasteiger partial charge in [-0.25, -0.2) is 4.98 Å². The maximum atomic E-state index is 5.82. The molecule has 0 unspecified atom stereocenters. The van der Waals surface area contributed by atoms with Crippen molar-refractivity contribution in [3.05, 3.63) is 90.1 Å². The van der Waals surface area contributed by atoms with Gasteiger partial charge in [-0.1, -0.05) is 119 Å². The van der Waals surface area contributed by atoms with Crippen LogP contribution in [-0.4, -0.2) is 27.8 Å². The summed E-state index contributed by atoms with van der Waals surface area (Å²) in [7, 11) is 0. The van der Waals surface area contributed by atoms with Crippen molar-refractivity contribution in [2.75, 3.05) is 13.3 Å². The molecule has 44 heavy (non-hydrogen) atoms. The summed E-state index contributed by atoms with van der Waals surface area (Å²) in [5.74, 6) is 3.54. The molecule has 5 nitrogen and oxygen atoms in total. The van der Waals surface area contributed by atoms with Crippen LogP contribution in [0.25, 0.3) is 22.6 Å². The van der Waals surface area contributed by atoms with Crippen LogP contribution in [0.4, 0.5) is 0 Å². The minimum absolute atomic E-state index is 0.249. The molecular formula is C39H49N3O2. The van der Waals surface area contributed by atoms with Crippen molar-refractivity contribution in [3.8, 4) is 34.1 Å². The summed E-state index contributed by atoms with van der Waals surface area (Å²) in [6.07, 6.45) is 12.5. The molecule has 0 N–H and O–H groups in total. The molecular weight excluding hydrogens is 542 g/mol. The van der Waals surface area contributed by atoms with Gasteiger partial charge in [0.1, 0.15) is 5.82 Å². The quantitative estimate of drug-likeness (QED) is 0.146. The molecule has 232 valence electrons. The smallest absolute Gasteiger partial charge is 0.231 e. The molecule has 0 amide bonds. The van der Waals surface area contributed by atoms with Gasteiger partial charge in [0.2, 0.25) is 6.79 Å². The normalized spacial score (nSPS) is 15.6. The zero-order valence-corrected chi connectivity index (χ0v) is 26.7. The van der Waals surface area contributed by atoms with Crippen LogP contribution in [0.5, 0.6) is 11.5 Å². The second-order valence-corrected chi connectivity index (χ2v) is 12.7. The first kappa shape index (κ1) is 30.5. The van der Waals surface area contributed by atoms with E-state index >= 15 is 0 Å². The van der Waals surface area contributed by atoms with Crippen LogP contribution in [0.3, 0.4) is 0 Å². The van der Waals surface area contributed by atoms with Crippen LogP contribution >= 0.6 is 0 Å². The Balaban J connectivity index is 1.50. The zero-order chi connectivity index (χ0) is 30.1. The highest BCUT2D eigenvalue weighted by Crippen LogP contribution is 2.41. The van der Waals surface area contributed by atoms with Crippen LogP contribution in [0, 0.1) is 5.92 Å².